The Kier molecular flexibility index (Phi) is 5.01. The quantitative estimate of drug-likeness (QED) is 0.725. The molecule has 3 aliphatic rings. The van der Waals surface area contributed by atoms with Gasteiger partial charge in [0, 0.05) is 19.4 Å². The lowest BCUT2D eigenvalue weighted by molar-refractivity contribution is -0.296. The first-order chi connectivity index (χ1) is 12.7. The van der Waals surface area contributed by atoms with Gasteiger partial charge >= 0.3 is 5.97 Å². The molecule has 6 heteroatoms. The zero-order valence-electron chi connectivity index (χ0n) is 15.1. The first-order valence-corrected chi connectivity index (χ1v) is 9.50. The predicted octanol–water partition coefficient (Wildman–Crippen LogP) is 2.94. The zero-order valence-corrected chi connectivity index (χ0v) is 15.1. The SMILES string of the molecule is CCO[C@]1(COCc2ccccc2)OC(=O)[C@H]2OC3(CCCCC3)O[C@H]21. The zero-order chi connectivity index (χ0) is 18.0. The topological polar surface area (TPSA) is 63.2 Å². The van der Waals surface area contributed by atoms with Crippen LogP contribution in [0, 0.1) is 0 Å². The summed E-state index contributed by atoms with van der Waals surface area (Å²) in [6.07, 6.45) is 3.54. The molecule has 3 fully saturated rings. The highest BCUT2D eigenvalue weighted by molar-refractivity contribution is 5.79. The van der Waals surface area contributed by atoms with Gasteiger partial charge in [-0.15, -0.1) is 0 Å². The lowest BCUT2D eigenvalue weighted by Crippen LogP contribution is -2.50. The Bertz CT molecular complexity index is 626. The van der Waals surface area contributed by atoms with Gasteiger partial charge in [0.2, 0.25) is 0 Å². The van der Waals surface area contributed by atoms with E-state index in [1.54, 1.807) is 0 Å². The van der Waals surface area contributed by atoms with Gasteiger partial charge in [-0.25, -0.2) is 4.79 Å². The lowest BCUT2D eigenvalue weighted by Gasteiger charge is -2.36. The number of carbonyl (C=O) groups is 1. The number of fused-ring (bicyclic) bond motifs is 1. The van der Waals surface area contributed by atoms with Crippen LogP contribution in [0.1, 0.15) is 44.6 Å². The van der Waals surface area contributed by atoms with E-state index < -0.39 is 29.8 Å². The van der Waals surface area contributed by atoms with E-state index >= 15 is 0 Å². The van der Waals surface area contributed by atoms with E-state index in [1.807, 2.05) is 37.3 Å². The summed E-state index contributed by atoms with van der Waals surface area (Å²) in [5, 5.41) is 0. The van der Waals surface area contributed by atoms with Gasteiger partial charge in [0.1, 0.15) is 6.61 Å². The van der Waals surface area contributed by atoms with Crippen LogP contribution in [0.25, 0.3) is 0 Å². The number of carbonyl (C=O) groups excluding carboxylic acids is 1. The van der Waals surface area contributed by atoms with Crippen molar-refractivity contribution >= 4 is 5.97 Å². The van der Waals surface area contributed by atoms with Gasteiger partial charge in [-0.2, -0.15) is 0 Å². The molecular formula is C20H26O6. The molecule has 0 amide bonds. The fourth-order valence-electron chi connectivity index (χ4n) is 4.11. The average Bonchev–Trinajstić information content (AvgIpc) is 3.13. The van der Waals surface area contributed by atoms with Gasteiger partial charge in [0.15, 0.2) is 18.0 Å². The Morgan fingerprint density at radius 3 is 2.62 bits per heavy atom. The molecule has 0 aromatic heterocycles. The van der Waals surface area contributed by atoms with Crippen molar-refractivity contribution in [3.63, 3.8) is 0 Å². The highest BCUT2D eigenvalue weighted by atomic mass is 16.8. The Balaban J connectivity index is 1.48. The number of cyclic esters (lactones) is 1. The summed E-state index contributed by atoms with van der Waals surface area (Å²) in [6, 6.07) is 9.86. The molecule has 1 aliphatic carbocycles. The van der Waals surface area contributed by atoms with Crippen LogP contribution < -0.4 is 0 Å². The van der Waals surface area contributed by atoms with Crippen molar-refractivity contribution in [3.05, 3.63) is 35.9 Å². The van der Waals surface area contributed by atoms with Crippen molar-refractivity contribution in [2.24, 2.45) is 0 Å². The van der Waals surface area contributed by atoms with E-state index in [-0.39, 0.29) is 6.61 Å². The molecule has 0 N–H and O–H groups in total. The number of ether oxygens (including phenoxy) is 5. The second kappa shape index (κ2) is 7.27. The van der Waals surface area contributed by atoms with Crippen LogP contribution in [0.15, 0.2) is 30.3 Å². The maximum Gasteiger partial charge on any atom is 0.341 e. The summed E-state index contributed by atoms with van der Waals surface area (Å²) in [6.45, 7) is 2.78. The fourth-order valence-corrected chi connectivity index (χ4v) is 4.11. The van der Waals surface area contributed by atoms with E-state index in [1.165, 1.54) is 6.42 Å². The largest absolute Gasteiger partial charge is 0.425 e. The number of benzene rings is 1. The van der Waals surface area contributed by atoms with Crippen LogP contribution in [0.2, 0.25) is 0 Å². The number of hydrogen-bond acceptors (Lipinski definition) is 6. The van der Waals surface area contributed by atoms with Crippen molar-refractivity contribution in [2.75, 3.05) is 13.2 Å². The molecule has 1 spiro atoms. The second-order valence-electron chi connectivity index (χ2n) is 7.19. The first kappa shape index (κ1) is 17.9. The number of esters is 1. The molecule has 0 radical (unpaired) electrons. The van der Waals surface area contributed by atoms with E-state index in [0.717, 1.165) is 31.2 Å². The van der Waals surface area contributed by atoms with E-state index in [4.69, 9.17) is 23.7 Å². The van der Waals surface area contributed by atoms with Crippen molar-refractivity contribution < 1.29 is 28.5 Å². The van der Waals surface area contributed by atoms with Crippen LogP contribution in [0.3, 0.4) is 0 Å². The minimum Gasteiger partial charge on any atom is -0.425 e. The third-order valence-corrected chi connectivity index (χ3v) is 5.32. The molecule has 3 atom stereocenters. The molecule has 142 valence electrons. The van der Waals surface area contributed by atoms with Crippen molar-refractivity contribution in [1.82, 2.24) is 0 Å². The summed E-state index contributed by atoms with van der Waals surface area (Å²) in [4.78, 5) is 12.4. The van der Waals surface area contributed by atoms with E-state index in [0.29, 0.717) is 13.2 Å². The average molecular weight is 362 g/mol. The predicted molar refractivity (Wildman–Crippen MR) is 92.1 cm³/mol. The Morgan fingerprint density at radius 1 is 1.12 bits per heavy atom. The molecule has 4 rings (SSSR count). The molecule has 2 heterocycles. The second-order valence-corrected chi connectivity index (χ2v) is 7.19. The Morgan fingerprint density at radius 2 is 1.88 bits per heavy atom. The lowest BCUT2D eigenvalue weighted by atomic mass is 9.94. The van der Waals surface area contributed by atoms with Crippen molar-refractivity contribution in [1.29, 1.82) is 0 Å². The maximum absolute atomic E-state index is 12.4. The van der Waals surface area contributed by atoms with Crippen molar-refractivity contribution in [2.45, 2.75) is 69.4 Å². The fraction of sp³-hybridized carbons (Fsp3) is 0.650. The van der Waals surface area contributed by atoms with E-state index in [2.05, 4.69) is 0 Å². The Labute approximate surface area is 153 Å². The molecule has 1 saturated carbocycles. The van der Waals surface area contributed by atoms with Crippen LogP contribution >= 0.6 is 0 Å². The molecule has 2 aliphatic heterocycles. The van der Waals surface area contributed by atoms with Gasteiger partial charge in [0.25, 0.3) is 5.79 Å². The maximum atomic E-state index is 12.4. The number of hydrogen-bond donors (Lipinski definition) is 0. The van der Waals surface area contributed by atoms with Gasteiger partial charge in [-0.05, 0) is 25.3 Å². The van der Waals surface area contributed by atoms with Gasteiger partial charge in [0.05, 0.1) is 6.61 Å². The minimum absolute atomic E-state index is 0.113. The summed E-state index contributed by atoms with van der Waals surface area (Å²) >= 11 is 0. The molecule has 1 aromatic rings. The van der Waals surface area contributed by atoms with Crippen LogP contribution in [-0.2, 0) is 35.1 Å². The first-order valence-electron chi connectivity index (χ1n) is 9.50. The van der Waals surface area contributed by atoms with Crippen LogP contribution in [-0.4, -0.2) is 43.0 Å². The molecular weight excluding hydrogens is 336 g/mol. The normalized spacial score (nSPS) is 32.6. The molecule has 6 nitrogen and oxygen atoms in total. The standard InChI is InChI=1S/C20H26O6/c1-2-23-20(14-22-13-15-9-5-3-6-10-15)17-16(18(21)26-20)24-19(25-17)11-7-4-8-12-19/h3,5-6,9-10,16-17H,2,4,7-8,11-14H2,1H3/t16-,17+,20+/m0/s1. The molecule has 1 aromatic carbocycles. The molecule has 0 unspecified atom stereocenters. The third kappa shape index (κ3) is 3.27. The summed E-state index contributed by atoms with van der Waals surface area (Å²) < 4.78 is 29.7. The summed E-state index contributed by atoms with van der Waals surface area (Å²) in [7, 11) is 0. The summed E-state index contributed by atoms with van der Waals surface area (Å²) in [5.41, 5.74) is 1.05. The van der Waals surface area contributed by atoms with Crippen molar-refractivity contribution in [3.8, 4) is 0 Å². The smallest absolute Gasteiger partial charge is 0.341 e. The highest BCUT2D eigenvalue weighted by Crippen LogP contribution is 2.48. The Hall–Kier alpha value is -1.47. The highest BCUT2D eigenvalue weighted by Gasteiger charge is 2.67. The van der Waals surface area contributed by atoms with Crippen LogP contribution in [0.5, 0.6) is 0 Å². The molecule has 0 bridgehead atoms. The van der Waals surface area contributed by atoms with Crippen LogP contribution in [0.4, 0.5) is 0 Å². The monoisotopic (exact) mass is 362 g/mol. The molecule has 26 heavy (non-hydrogen) atoms. The number of rotatable bonds is 6. The van der Waals surface area contributed by atoms with E-state index in [9.17, 15) is 4.79 Å². The third-order valence-electron chi connectivity index (χ3n) is 5.32. The van der Waals surface area contributed by atoms with Gasteiger partial charge in [-0.3, -0.25) is 0 Å². The summed E-state index contributed by atoms with van der Waals surface area (Å²) in [5.74, 6) is -2.34. The minimum atomic E-state index is -1.24. The van der Waals surface area contributed by atoms with Gasteiger partial charge < -0.3 is 23.7 Å². The van der Waals surface area contributed by atoms with Gasteiger partial charge in [-0.1, -0.05) is 36.8 Å². The molecule has 2 saturated heterocycles.